The number of amides is 1. The van der Waals surface area contributed by atoms with Crippen molar-refractivity contribution in [2.24, 2.45) is 5.73 Å². The van der Waals surface area contributed by atoms with Crippen LogP contribution in [-0.4, -0.2) is 36.8 Å². The van der Waals surface area contributed by atoms with E-state index in [0.29, 0.717) is 37.2 Å². The summed E-state index contributed by atoms with van der Waals surface area (Å²) >= 11 is 0. The molecule has 1 rings (SSSR count). The number of carbonyl (C=O) groups excluding carboxylic acids is 1. The molecule has 0 radical (unpaired) electrons. The summed E-state index contributed by atoms with van der Waals surface area (Å²) < 4.78 is 5.39. The lowest BCUT2D eigenvalue weighted by Gasteiger charge is -2.13. The lowest BCUT2D eigenvalue weighted by Crippen LogP contribution is -2.32. The van der Waals surface area contributed by atoms with Crippen LogP contribution in [0.3, 0.4) is 0 Å². The van der Waals surface area contributed by atoms with Gasteiger partial charge in [-0.05, 0) is 31.2 Å². The Kier molecular flexibility index (Phi) is 7.11. The van der Waals surface area contributed by atoms with E-state index in [0.717, 1.165) is 0 Å². The smallest absolute Gasteiger partial charge is 0.217 e. The average molecular weight is 277 g/mol. The predicted molar refractivity (Wildman–Crippen MR) is 74.0 cm³/mol. The van der Waals surface area contributed by atoms with Crippen molar-refractivity contribution in [3.63, 3.8) is 0 Å². The molecule has 6 heteroatoms. The van der Waals surface area contributed by atoms with Crippen LogP contribution in [0.4, 0.5) is 0 Å². The Morgan fingerprint density at radius 2 is 2.35 bits per heavy atom. The van der Waals surface area contributed by atoms with Crippen molar-refractivity contribution in [3.05, 3.63) is 29.8 Å². The summed E-state index contributed by atoms with van der Waals surface area (Å²) in [4.78, 5) is 10.5. The molecular weight excluding hydrogens is 258 g/mol. The van der Waals surface area contributed by atoms with E-state index in [1.807, 2.05) is 6.07 Å². The van der Waals surface area contributed by atoms with Crippen molar-refractivity contribution >= 4 is 5.91 Å². The van der Waals surface area contributed by atoms with Crippen LogP contribution in [0.2, 0.25) is 0 Å². The molecule has 0 spiro atoms. The van der Waals surface area contributed by atoms with E-state index >= 15 is 0 Å². The molecule has 108 valence electrons. The van der Waals surface area contributed by atoms with Gasteiger partial charge in [0, 0.05) is 13.0 Å². The van der Waals surface area contributed by atoms with Crippen molar-refractivity contribution in [1.82, 2.24) is 5.32 Å². The minimum absolute atomic E-state index is 0.137. The number of primary amides is 1. The maximum atomic E-state index is 10.5. The van der Waals surface area contributed by atoms with E-state index in [-0.39, 0.29) is 12.5 Å². The molecule has 6 nitrogen and oxygen atoms in total. The van der Waals surface area contributed by atoms with Crippen molar-refractivity contribution in [2.45, 2.75) is 18.9 Å². The van der Waals surface area contributed by atoms with Gasteiger partial charge in [0.1, 0.15) is 18.5 Å². The quantitative estimate of drug-likeness (QED) is 0.557. The highest BCUT2D eigenvalue weighted by Gasteiger charge is 2.05. The average Bonchev–Trinajstić information content (AvgIpc) is 2.44. The zero-order valence-electron chi connectivity index (χ0n) is 11.2. The minimum atomic E-state index is -0.658. The first-order valence-corrected chi connectivity index (χ1v) is 6.42. The van der Waals surface area contributed by atoms with Crippen LogP contribution in [0, 0.1) is 11.3 Å². The van der Waals surface area contributed by atoms with Gasteiger partial charge in [0.15, 0.2) is 0 Å². The van der Waals surface area contributed by atoms with Gasteiger partial charge in [-0.3, -0.25) is 4.79 Å². The van der Waals surface area contributed by atoms with E-state index in [1.165, 1.54) is 0 Å². The van der Waals surface area contributed by atoms with Gasteiger partial charge in [-0.25, -0.2) is 0 Å². The van der Waals surface area contributed by atoms with Gasteiger partial charge < -0.3 is 20.9 Å². The molecule has 0 heterocycles. The van der Waals surface area contributed by atoms with Crippen LogP contribution in [0.15, 0.2) is 24.3 Å². The number of aliphatic hydroxyl groups is 1. The number of benzene rings is 1. The topological polar surface area (TPSA) is 108 Å². The highest BCUT2D eigenvalue weighted by Crippen LogP contribution is 2.12. The Hall–Kier alpha value is -2.10. The summed E-state index contributed by atoms with van der Waals surface area (Å²) in [6.45, 7) is 1.12. The number of nitrogens with one attached hydrogen (secondary N) is 1. The molecule has 1 aromatic rings. The molecule has 0 saturated heterocycles. The number of carbonyl (C=O) groups is 1. The van der Waals surface area contributed by atoms with Crippen LogP contribution in [0.1, 0.15) is 18.4 Å². The number of hydrogen-bond donors (Lipinski definition) is 3. The van der Waals surface area contributed by atoms with Crippen LogP contribution in [-0.2, 0) is 4.79 Å². The maximum Gasteiger partial charge on any atom is 0.217 e. The summed E-state index contributed by atoms with van der Waals surface area (Å²) in [5, 5.41) is 21.5. The summed E-state index contributed by atoms with van der Waals surface area (Å²) in [5.41, 5.74) is 5.53. The zero-order chi connectivity index (χ0) is 14.8. The first kappa shape index (κ1) is 16.0. The van der Waals surface area contributed by atoms with Gasteiger partial charge in [0.25, 0.3) is 0 Å². The lowest BCUT2D eigenvalue weighted by atomic mass is 10.2. The molecule has 0 aromatic heterocycles. The molecule has 0 bridgehead atoms. The second kappa shape index (κ2) is 8.91. The summed E-state index contributed by atoms with van der Waals surface area (Å²) in [6, 6.07) is 8.78. The Balaban J connectivity index is 2.17. The number of nitrogens with two attached hydrogens (primary N) is 1. The molecule has 20 heavy (non-hydrogen) atoms. The van der Waals surface area contributed by atoms with Crippen LogP contribution >= 0.6 is 0 Å². The van der Waals surface area contributed by atoms with E-state index in [2.05, 4.69) is 5.32 Å². The van der Waals surface area contributed by atoms with Crippen molar-refractivity contribution in [3.8, 4) is 11.8 Å². The first-order chi connectivity index (χ1) is 9.61. The normalized spacial score (nSPS) is 11.6. The van der Waals surface area contributed by atoms with E-state index in [4.69, 9.17) is 15.7 Å². The summed E-state index contributed by atoms with van der Waals surface area (Å²) in [6.07, 6.45) is 0.322. The monoisotopic (exact) mass is 277 g/mol. The van der Waals surface area contributed by atoms with Crippen LogP contribution in [0.5, 0.6) is 5.75 Å². The van der Waals surface area contributed by atoms with Gasteiger partial charge in [0.05, 0.1) is 11.6 Å². The predicted octanol–water partition coefficient (Wildman–Crippen LogP) is 0.153. The second-order valence-corrected chi connectivity index (χ2v) is 4.38. The van der Waals surface area contributed by atoms with Crippen LogP contribution in [0.25, 0.3) is 0 Å². The number of aliphatic hydroxyl groups excluding tert-OH is 1. The minimum Gasteiger partial charge on any atom is -0.491 e. The largest absolute Gasteiger partial charge is 0.491 e. The first-order valence-electron chi connectivity index (χ1n) is 6.42. The molecular formula is C14H19N3O3. The lowest BCUT2D eigenvalue weighted by molar-refractivity contribution is -0.118. The molecule has 0 aliphatic carbocycles. The molecule has 4 N–H and O–H groups in total. The van der Waals surface area contributed by atoms with Gasteiger partial charge in [-0.2, -0.15) is 5.26 Å². The Morgan fingerprint density at radius 3 is 3.05 bits per heavy atom. The number of nitriles is 1. The molecule has 0 fully saturated rings. The fraction of sp³-hybridized carbons (Fsp3) is 0.429. The van der Waals surface area contributed by atoms with Gasteiger partial charge in [-0.15, -0.1) is 0 Å². The third-order valence-electron chi connectivity index (χ3n) is 2.56. The zero-order valence-corrected chi connectivity index (χ0v) is 11.2. The molecule has 1 aromatic carbocycles. The SMILES string of the molecule is N#Cc1cccc(OCC(O)CNCCCC(N)=O)c1. The van der Waals surface area contributed by atoms with Gasteiger partial charge in [-0.1, -0.05) is 6.07 Å². The third kappa shape index (κ3) is 6.73. The van der Waals surface area contributed by atoms with Crippen molar-refractivity contribution in [1.29, 1.82) is 5.26 Å². The molecule has 0 saturated carbocycles. The van der Waals surface area contributed by atoms with Crippen molar-refractivity contribution in [2.75, 3.05) is 19.7 Å². The molecule has 1 amide bonds. The summed E-state index contributed by atoms with van der Waals surface area (Å²) in [5.74, 6) is 0.227. The number of hydrogen-bond acceptors (Lipinski definition) is 5. The molecule has 1 atom stereocenters. The Morgan fingerprint density at radius 1 is 1.55 bits per heavy atom. The number of nitrogens with zero attached hydrogens (tertiary/aromatic N) is 1. The molecule has 0 aliphatic rings. The standard InChI is InChI=1S/C14H19N3O3/c15-8-11-3-1-4-13(7-11)20-10-12(18)9-17-6-2-5-14(16)19/h1,3-4,7,12,17-18H,2,5-6,9-10H2,(H2,16,19). The number of ether oxygens (including phenoxy) is 1. The second-order valence-electron chi connectivity index (χ2n) is 4.38. The number of rotatable bonds is 9. The molecule has 0 aliphatic heterocycles. The highest BCUT2D eigenvalue weighted by atomic mass is 16.5. The highest BCUT2D eigenvalue weighted by molar-refractivity contribution is 5.73. The summed E-state index contributed by atoms with van der Waals surface area (Å²) in [7, 11) is 0. The van der Waals surface area contributed by atoms with Gasteiger partial charge in [0.2, 0.25) is 5.91 Å². The Bertz CT molecular complexity index is 471. The molecule has 1 unspecified atom stereocenters. The van der Waals surface area contributed by atoms with Crippen LogP contribution < -0.4 is 15.8 Å². The third-order valence-corrected chi connectivity index (χ3v) is 2.56. The van der Waals surface area contributed by atoms with E-state index < -0.39 is 6.10 Å². The maximum absolute atomic E-state index is 10.5. The fourth-order valence-corrected chi connectivity index (χ4v) is 1.56. The van der Waals surface area contributed by atoms with Gasteiger partial charge >= 0.3 is 0 Å². The fourth-order valence-electron chi connectivity index (χ4n) is 1.56. The van der Waals surface area contributed by atoms with Crippen molar-refractivity contribution < 1.29 is 14.6 Å². The Labute approximate surface area is 118 Å². The van der Waals surface area contributed by atoms with E-state index in [9.17, 15) is 9.90 Å². The van der Waals surface area contributed by atoms with E-state index in [1.54, 1.807) is 24.3 Å².